The molecule has 2 aliphatic carbocycles. The molecule has 3 aliphatic heterocycles. The summed E-state index contributed by atoms with van der Waals surface area (Å²) in [6.45, 7) is 17.9. The normalized spacial score (nSPS) is 27.6. The summed E-state index contributed by atoms with van der Waals surface area (Å²) in [5.41, 5.74) is 3.32. The smallest absolute Gasteiger partial charge is 0.407 e. The number of quaternary nitrogens is 2. The Bertz CT molecular complexity index is 823. The van der Waals surface area contributed by atoms with Crippen molar-refractivity contribution in [2.24, 2.45) is 0 Å². The van der Waals surface area contributed by atoms with Gasteiger partial charge in [0.2, 0.25) is 0 Å². The van der Waals surface area contributed by atoms with Gasteiger partial charge in [0.1, 0.15) is 23.8 Å². The lowest BCUT2D eigenvalue weighted by Crippen LogP contribution is -3.14. The van der Waals surface area contributed by atoms with Crippen LogP contribution in [0.5, 0.6) is 0 Å². The van der Waals surface area contributed by atoms with Crippen molar-refractivity contribution >= 4 is 12.2 Å². The molecule has 0 bridgehead atoms. The van der Waals surface area contributed by atoms with E-state index in [1.54, 1.807) is 0 Å². The van der Waals surface area contributed by atoms with Crippen molar-refractivity contribution in [2.45, 2.75) is 154 Å². The van der Waals surface area contributed by atoms with E-state index in [4.69, 9.17) is 9.47 Å². The summed E-state index contributed by atoms with van der Waals surface area (Å²) >= 11 is 0. The lowest BCUT2D eigenvalue weighted by molar-refractivity contribution is -0.916. The molecule has 2 saturated carbocycles. The van der Waals surface area contributed by atoms with Crippen molar-refractivity contribution in [1.82, 2.24) is 20.9 Å². The number of amides is 2. The Hall–Kier alpha value is -1.04. The highest BCUT2D eigenvalue weighted by Gasteiger charge is 2.34. The van der Waals surface area contributed by atoms with E-state index in [1.165, 1.54) is 70.9 Å². The van der Waals surface area contributed by atoms with Gasteiger partial charge in [-0.3, -0.25) is 4.90 Å². The Labute approximate surface area is 279 Å². The van der Waals surface area contributed by atoms with Gasteiger partial charge in [-0.1, -0.05) is 12.8 Å². The Balaban J connectivity index is 0.000000333. The van der Waals surface area contributed by atoms with Crippen LogP contribution in [0, 0.1) is 0 Å². The third kappa shape index (κ3) is 16.0. The first-order valence-corrected chi connectivity index (χ1v) is 16.9. The van der Waals surface area contributed by atoms with E-state index in [2.05, 4.69) is 26.6 Å². The topological polar surface area (TPSA) is 124 Å². The molecule has 2 amide bonds. The molecule has 12 heteroatoms. The van der Waals surface area contributed by atoms with E-state index in [0.717, 1.165) is 57.1 Å². The van der Waals surface area contributed by atoms with Gasteiger partial charge >= 0.3 is 12.2 Å². The predicted molar refractivity (Wildman–Crippen MR) is 166 cm³/mol. The number of ether oxygens (including phenoxy) is 2. The van der Waals surface area contributed by atoms with E-state index in [0.29, 0.717) is 0 Å². The summed E-state index contributed by atoms with van der Waals surface area (Å²) in [6.07, 6.45) is 14.1. The summed E-state index contributed by atoms with van der Waals surface area (Å²) in [6, 6.07) is 3.03. The second kappa shape index (κ2) is 19.6. The van der Waals surface area contributed by atoms with Crippen molar-refractivity contribution in [3.8, 4) is 0 Å². The van der Waals surface area contributed by atoms with Crippen molar-refractivity contribution in [3.63, 3.8) is 0 Å². The highest BCUT2D eigenvalue weighted by atomic mass is 35.5. The Morgan fingerprint density at radius 1 is 0.795 bits per heavy atom. The molecular weight excluding hydrogens is 603 g/mol. The van der Waals surface area contributed by atoms with Crippen LogP contribution in [0.4, 0.5) is 9.59 Å². The maximum atomic E-state index is 11.7. The second-order valence-electron chi connectivity index (χ2n) is 15.1. The fourth-order valence-electron chi connectivity index (χ4n) is 6.90. The molecule has 5 fully saturated rings. The van der Waals surface area contributed by atoms with Crippen LogP contribution in [0.15, 0.2) is 0 Å². The maximum Gasteiger partial charge on any atom is 0.407 e. The molecule has 0 radical (unpaired) electrons. The van der Waals surface area contributed by atoms with Crippen LogP contribution in [-0.2, 0) is 9.47 Å². The average molecular weight is 668 g/mol. The third-order valence-electron chi connectivity index (χ3n) is 8.92. The van der Waals surface area contributed by atoms with E-state index in [-0.39, 0.29) is 49.1 Å². The Morgan fingerprint density at radius 3 is 1.82 bits per heavy atom. The molecule has 1 unspecified atom stereocenters. The number of carbonyl (C=O) groups excluding carboxylic acids is 2. The van der Waals surface area contributed by atoms with Gasteiger partial charge in [0.25, 0.3) is 0 Å². The minimum atomic E-state index is -0.409. The first-order valence-electron chi connectivity index (χ1n) is 16.9. The lowest BCUT2D eigenvalue weighted by Gasteiger charge is -2.24. The summed E-state index contributed by atoms with van der Waals surface area (Å²) in [4.78, 5) is 27.3. The lowest BCUT2D eigenvalue weighted by atomic mass is 10.2. The number of halogens is 2. The maximum absolute atomic E-state index is 11.7. The molecule has 3 saturated heterocycles. The largest absolute Gasteiger partial charge is 1.00 e. The number of likely N-dealkylation sites (tertiary alicyclic amines) is 2. The van der Waals surface area contributed by atoms with E-state index in [9.17, 15) is 9.59 Å². The van der Waals surface area contributed by atoms with Crippen LogP contribution in [0.1, 0.15) is 112 Å². The van der Waals surface area contributed by atoms with Crippen molar-refractivity contribution < 1.29 is 54.5 Å². The zero-order valence-electron chi connectivity index (χ0n) is 28.5. The predicted octanol–water partition coefficient (Wildman–Crippen LogP) is -3.76. The molecule has 10 nitrogen and oxygen atoms in total. The van der Waals surface area contributed by atoms with Crippen LogP contribution in [0.25, 0.3) is 0 Å². The molecule has 7 N–H and O–H groups in total. The Morgan fingerprint density at radius 2 is 1.34 bits per heavy atom. The average Bonchev–Trinajstić information content (AvgIpc) is 3.69. The summed E-state index contributed by atoms with van der Waals surface area (Å²) in [7, 11) is 0. The van der Waals surface area contributed by atoms with E-state index < -0.39 is 11.2 Å². The number of hydrogen-bond donors (Lipinski definition) is 5. The monoisotopic (exact) mass is 666 g/mol. The molecule has 3 heterocycles. The van der Waals surface area contributed by atoms with Gasteiger partial charge in [-0.05, 0) is 99.5 Å². The molecular formula is C32H64Cl2N6O4. The number of alkyl carbamates (subject to hydrolysis) is 2. The van der Waals surface area contributed by atoms with Crippen LogP contribution in [0.3, 0.4) is 0 Å². The molecule has 5 rings (SSSR count). The zero-order valence-corrected chi connectivity index (χ0v) is 30.0. The first kappa shape index (κ1) is 41.0. The molecule has 0 aromatic heterocycles. The van der Waals surface area contributed by atoms with Gasteiger partial charge in [0.15, 0.2) is 0 Å². The van der Waals surface area contributed by atoms with E-state index in [1.807, 2.05) is 46.4 Å². The van der Waals surface area contributed by atoms with Gasteiger partial charge in [-0.2, -0.15) is 0 Å². The molecule has 4 atom stereocenters. The molecule has 0 aromatic carbocycles. The quantitative estimate of drug-likeness (QED) is 0.210. The molecule has 260 valence electrons. The minimum Gasteiger partial charge on any atom is -1.00 e. The number of nitrogens with zero attached hydrogens (tertiary/aromatic N) is 1. The fraction of sp³-hybridized carbons (Fsp3) is 0.938. The van der Waals surface area contributed by atoms with Crippen LogP contribution >= 0.6 is 0 Å². The van der Waals surface area contributed by atoms with Crippen LogP contribution < -0.4 is 51.4 Å². The number of carbonyl (C=O) groups is 2. The van der Waals surface area contributed by atoms with Gasteiger partial charge < -0.3 is 60.9 Å². The molecule has 0 spiro atoms. The van der Waals surface area contributed by atoms with Crippen LogP contribution in [0.2, 0.25) is 0 Å². The third-order valence-corrected chi connectivity index (χ3v) is 8.92. The minimum absolute atomic E-state index is 0. The number of hydrogen-bond acceptors (Lipinski definition) is 6. The first-order chi connectivity index (χ1) is 19.8. The zero-order chi connectivity index (χ0) is 30.8. The van der Waals surface area contributed by atoms with Crippen molar-refractivity contribution in [1.29, 1.82) is 0 Å². The summed E-state index contributed by atoms with van der Waals surface area (Å²) in [5, 5.41) is 8.97. The highest BCUT2D eigenvalue weighted by Crippen LogP contribution is 2.26. The SMILES string of the molecule is CC(C)(C)OC(=O)N[C@H]1CCN(C2CCCC2)C1.CC(C)(C)OC(=O)N[C@H]1CCNC1.[Cl-].[Cl-].[NH3+][C@H]1CC[NH+](C2CCCC2)C1. The molecule has 44 heavy (non-hydrogen) atoms. The van der Waals surface area contributed by atoms with Crippen LogP contribution in [-0.4, -0.2) is 97.8 Å². The second-order valence-corrected chi connectivity index (χ2v) is 15.1. The van der Waals surface area contributed by atoms with Crippen molar-refractivity contribution in [2.75, 3.05) is 39.3 Å². The molecule has 0 aromatic rings. The number of nitrogens with one attached hydrogen (secondary N) is 4. The Kier molecular flexibility index (Phi) is 18.2. The van der Waals surface area contributed by atoms with Gasteiger partial charge in [0.05, 0.1) is 19.0 Å². The number of rotatable bonds is 4. The van der Waals surface area contributed by atoms with Gasteiger partial charge in [-0.15, -0.1) is 0 Å². The standard InChI is InChI=1S/C14H26N2O2.C9H18N2O2.C9H18N2.2ClH/c1-14(2,3)18-13(17)15-11-8-9-16(10-11)12-6-4-5-7-12;1-9(2,3)13-8(12)11-7-4-5-10-6-7;10-8-5-6-11(7-8)9-3-1-2-4-9;;/h11-12H,4-10H2,1-3H3,(H,15,17);7,10H,4-6H2,1-3H3,(H,11,12);8-9H,1-7,10H2;2*1H/t11-;7-;8-;;/m000../s1. The highest BCUT2D eigenvalue weighted by molar-refractivity contribution is 5.68. The van der Waals surface area contributed by atoms with Gasteiger partial charge in [-0.25, -0.2) is 9.59 Å². The van der Waals surface area contributed by atoms with Crippen molar-refractivity contribution in [3.05, 3.63) is 0 Å². The molecule has 5 aliphatic rings. The summed E-state index contributed by atoms with van der Waals surface area (Å²) < 4.78 is 10.4. The van der Waals surface area contributed by atoms with E-state index >= 15 is 0 Å². The fourth-order valence-corrected chi connectivity index (χ4v) is 6.90. The summed E-state index contributed by atoms with van der Waals surface area (Å²) in [5.74, 6) is 0. The van der Waals surface area contributed by atoms with Gasteiger partial charge in [0, 0.05) is 37.8 Å².